The molecule has 0 fully saturated rings. The second-order valence-corrected chi connectivity index (χ2v) is 11.1. The van der Waals surface area contributed by atoms with Gasteiger partial charge in [-0.1, -0.05) is 78.1 Å². The number of hydrogen-bond acceptors (Lipinski definition) is 5. The summed E-state index contributed by atoms with van der Waals surface area (Å²) >= 11 is 0. The Hall–Kier alpha value is -4.97. The smallest absolute Gasteiger partial charge is 0.266 e. The fraction of sp³-hybridized carbons (Fsp3) is 0.0625. The SMILES string of the molecule is Cc1ccc(S(=O)(=O)n2cc(C(C#Cc3ccccc3)ON3C(=O)c4ccccc4C3=O)c3ccccc32)cc1. The predicted molar refractivity (Wildman–Crippen MR) is 150 cm³/mol. The average molecular weight is 547 g/mol. The Morgan fingerprint density at radius 2 is 1.35 bits per heavy atom. The van der Waals surface area contributed by atoms with Gasteiger partial charge in [-0.05, 0) is 49.4 Å². The van der Waals surface area contributed by atoms with E-state index >= 15 is 0 Å². The molecule has 8 heteroatoms. The number of para-hydroxylation sites is 1. The van der Waals surface area contributed by atoms with Gasteiger partial charge in [0.05, 0.1) is 21.5 Å². The number of aromatic nitrogens is 1. The number of aryl methyl sites for hydroxylation is 1. The van der Waals surface area contributed by atoms with E-state index in [1.54, 1.807) is 72.8 Å². The summed E-state index contributed by atoms with van der Waals surface area (Å²) < 4.78 is 28.7. The first-order valence-corrected chi connectivity index (χ1v) is 13.9. The van der Waals surface area contributed by atoms with Gasteiger partial charge in [0.2, 0.25) is 0 Å². The molecule has 0 N–H and O–H groups in total. The zero-order valence-electron chi connectivity index (χ0n) is 21.3. The minimum Gasteiger partial charge on any atom is -0.266 e. The van der Waals surface area contributed by atoms with Crippen molar-refractivity contribution in [3.8, 4) is 11.8 Å². The molecular weight excluding hydrogens is 524 g/mol. The molecule has 6 rings (SSSR count). The number of benzene rings is 4. The highest BCUT2D eigenvalue weighted by Crippen LogP contribution is 2.34. The zero-order valence-corrected chi connectivity index (χ0v) is 22.1. The van der Waals surface area contributed by atoms with Crippen LogP contribution in [0.25, 0.3) is 10.9 Å². The minimum absolute atomic E-state index is 0.124. The minimum atomic E-state index is -3.99. The van der Waals surface area contributed by atoms with E-state index in [1.165, 1.54) is 10.2 Å². The van der Waals surface area contributed by atoms with Crippen LogP contribution in [0.1, 0.15) is 43.5 Å². The van der Waals surface area contributed by atoms with Crippen LogP contribution >= 0.6 is 0 Å². The number of carbonyl (C=O) groups excluding carboxylic acids is 2. The van der Waals surface area contributed by atoms with Gasteiger partial charge >= 0.3 is 0 Å². The molecule has 196 valence electrons. The van der Waals surface area contributed by atoms with E-state index in [0.29, 0.717) is 27.1 Å². The number of carbonyl (C=O) groups is 2. The molecule has 0 saturated carbocycles. The van der Waals surface area contributed by atoms with Gasteiger partial charge in [0.25, 0.3) is 21.8 Å². The summed E-state index contributed by atoms with van der Waals surface area (Å²) in [5.74, 6) is 4.84. The lowest BCUT2D eigenvalue weighted by atomic mass is 10.1. The largest absolute Gasteiger partial charge is 0.285 e. The molecule has 0 saturated heterocycles. The lowest BCUT2D eigenvalue weighted by Gasteiger charge is -2.18. The summed E-state index contributed by atoms with van der Waals surface area (Å²) in [5, 5.41) is 1.26. The van der Waals surface area contributed by atoms with E-state index in [1.807, 2.05) is 37.3 Å². The van der Waals surface area contributed by atoms with Crippen molar-refractivity contribution in [2.24, 2.45) is 0 Å². The van der Waals surface area contributed by atoms with Crippen LogP contribution in [0.3, 0.4) is 0 Å². The maximum absolute atomic E-state index is 13.7. The zero-order chi connectivity index (χ0) is 27.9. The van der Waals surface area contributed by atoms with Gasteiger partial charge in [-0.3, -0.25) is 9.59 Å². The van der Waals surface area contributed by atoms with Crippen LogP contribution < -0.4 is 0 Å². The molecule has 40 heavy (non-hydrogen) atoms. The lowest BCUT2D eigenvalue weighted by molar-refractivity contribution is -0.115. The van der Waals surface area contributed by atoms with E-state index in [4.69, 9.17) is 4.84 Å². The normalized spacial score (nSPS) is 13.7. The Morgan fingerprint density at radius 3 is 2.02 bits per heavy atom. The molecule has 1 aliphatic rings. The highest BCUT2D eigenvalue weighted by atomic mass is 32.2. The second kappa shape index (κ2) is 9.97. The molecule has 1 atom stereocenters. The lowest BCUT2D eigenvalue weighted by Crippen LogP contribution is -2.31. The summed E-state index contributed by atoms with van der Waals surface area (Å²) in [7, 11) is -3.99. The van der Waals surface area contributed by atoms with Gasteiger partial charge in [0, 0.05) is 22.7 Å². The molecule has 0 radical (unpaired) electrons. The van der Waals surface area contributed by atoms with Crippen LogP contribution in [0, 0.1) is 18.8 Å². The van der Waals surface area contributed by atoms with Gasteiger partial charge in [-0.25, -0.2) is 17.2 Å². The van der Waals surface area contributed by atoms with Crippen LogP contribution in [0.2, 0.25) is 0 Å². The third kappa shape index (κ3) is 4.37. The maximum Gasteiger partial charge on any atom is 0.285 e. The third-order valence-electron chi connectivity index (χ3n) is 6.66. The number of imide groups is 1. The van der Waals surface area contributed by atoms with E-state index in [0.717, 1.165) is 5.56 Å². The number of hydroxylamine groups is 2. The molecule has 7 nitrogen and oxygen atoms in total. The van der Waals surface area contributed by atoms with Crippen LogP contribution in [0.4, 0.5) is 0 Å². The number of rotatable bonds is 5. The third-order valence-corrected chi connectivity index (χ3v) is 8.35. The summed E-state index contributed by atoms with van der Waals surface area (Å²) in [6, 6.07) is 29.2. The first-order chi connectivity index (χ1) is 19.3. The fourth-order valence-electron chi connectivity index (χ4n) is 4.61. The molecular formula is C32H22N2O5S. The highest BCUT2D eigenvalue weighted by Gasteiger charge is 2.39. The van der Waals surface area contributed by atoms with Crippen molar-refractivity contribution in [3.05, 3.63) is 137 Å². The predicted octanol–water partition coefficient (Wildman–Crippen LogP) is 5.51. The Bertz CT molecular complexity index is 1910. The van der Waals surface area contributed by atoms with Gasteiger partial charge in [-0.15, -0.1) is 5.06 Å². The Morgan fingerprint density at radius 1 is 0.750 bits per heavy atom. The Kier molecular flexibility index (Phi) is 6.31. The van der Waals surface area contributed by atoms with Gasteiger partial charge < -0.3 is 0 Å². The molecule has 0 bridgehead atoms. The first kappa shape index (κ1) is 25.3. The number of nitrogens with zero attached hydrogens (tertiary/aromatic N) is 2. The van der Waals surface area contributed by atoms with Gasteiger partial charge in [0.1, 0.15) is 0 Å². The maximum atomic E-state index is 13.7. The highest BCUT2D eigenvalue weighted by molar-refractivity contribution is 7.90. The van der Waals surface area contributed by atoms with Gasteiger partial charge in [-0.2, -0.15) is 0 Å². The number of fused-ring (bicyclic) bond motifs is 2. The van der Waals surface area contributed by atoms with E-state index in [2.05, 4.69) is 11.8 Å². The standard InChI is InChI=1S/C32H22N2O5S/c1-22-15-18-24(19-16-22)40(37,38)33-21-28(25-11-7-8-14-29(25)33)30(20-17-23-9-3-2-4-10-23)39-34-31(35)26-12-5-6-13-27(26)32(34)36/h2-16,18-19,21,30H,1H3. The molecule has 1 unspecified atom stereocenters. The van der Waals surface area contributed by atoms with Crippen molar-refractivity contribution < 1.29 is 22.8 Å². The quantitative estimate of drug-likeness (QED) is 0.214. The van der Waals surface area contributed by atoms with E-state index < -0.39 is 27.9 Å². The first-order valence-electron chi connectivity index (χ1n) is 12.5. The summed E-state index contributed by atoms with van der Waals surface area (Å²) in [6.07, 6.45) is 0.296. The number of amides is 2. The van der Waals surface area contributed by atoms with Crippen molar-refractivity contribution in [1.82, 2.24) is 9.04 Å². The molecule has 0 spiro atoms. The molecule has 4 aromatic carbocycles. The van der Waals surface area contributed by atoms with Crippen molar-refractivity contribution in [3.63, 3.8) is 0 Å². The number of hydrogen-bond donors (Lipinski definition) is 0. The topological polar surface area (TPSA) is 85.7 Å². The van der Waals surface area contributed by atoms with Crippen LogP contribution in [-0.4, -0.2) is 29.3 Å². The summed E-state index contributed by atoms with van der Waals surface area (Å²) in [6.45, 7) is 1.88. The Balaban J connectivity index is 1.49. The van der Waals surface area contributed by atoms with Crippen LogP contribution in [0.15, 0.2) is 114 Å². The molecule has 5 aromatic rings. The Labute approximate surface area is 231 Å². The average Bonchev–Trinajstić information content (AvgIpc) is 3.48. The molecule has 2 heterocycles. The molecule has 1 aliphatic heterocycles. The molecule has 2 amide bonds. The fourth-order valence-corrected chi connectivity index (χ4v) is 5.98. The summed E-state index contributed by atoms with van der Waals surface area (Å²) in [4.78, 5) is 32.4. The van der Waals surface area contributed by atoms with Crippen molar-refractivity contribution >= 4 is 32.7 Å². The second-order valence-electron chi connectivity index (χ2n) is 9.29. The van der Waals surface area contributed by atoms with E-state index in [-0.39, 0.29) is 16.0 Å². The van der Waals surface area contributed by atoms with Crippen LogP contribution in [-0.2, 0) is 14.9 Å². The van der Waals surface area contributed by atoms with Crippen molar-refractivity contribution in [1.29, 1.82) is 0 Å². The van der Waals surface area contributed by atoms with Crippen molar-refractivity contribution in [2.45, 2.75) is 17.9 Å². The van der Waals surface area contributed by atoms with Gasteiger partial charge in [0.15, 0.2) is 6.10 Å². The van der Waals surface area contributed by atoms with Crippen LogP contribution in [0.5, 0.6) is 0 Å². The summed E-state index contributed by atoms with van der Waals surface area (Å²) in [5.41, 5.74) is 2.89. The molecule has 1 aromatic heterocycles. The van der Waals surface area contributed by atoms with E-state index in [9.17, 15) is 18.0 Å². The monoisotopic (exact) mass is 546 g/mol. The molecule has 0 aliphatic carbocycles. The van der Waals surface area contributed by atoms with Crippen molar-refractivity contribution in [2.75, 3.05) is 0 Å².